The quantitative estimate of drug-likeness (QED) is 0.0396. The fraction of sp³-hybridized carbons (Fsp3) is 0.659. The first-order chi connectivity index (χ1) is 26.7. The van der Waals surface area contributed by atoms with Crippen LogP contribution in [0, 0.1) is 11.3 Å². The van der Waals surface area contributed by atoms with Gasteiger partial charge < -0.3 is 44.1 Å². The number of anilines is 1. The van der Waals surface area contributed by atoms with Gasteiger partial charge in [0, 0.05) is 12.8 Å². The summed E-state index contributed by atoms with van der Waals surface area (Å²) in [7, 11) is 0. The number of ether oxygens (including phenoxy) is 3. The average molecular weight is 803 g/mol. The Kier molecular flexibility index (Phi) is 20.0. The van der Waals surface area contributed by atoms with E-state index in [2.05, 4.69) is 12.0 Å². The topological polar surface area (TPSA) is 174 Å². The number of rotatable bonds is 29. The number of fused-ring (bicyclic) bond motifs is 1. The van der Waals surface area contributed by atoms with Crippen molar-refractivity contribution in [2.24, 2.45) is 0 Å². The molecule has 0 bridgehead atoms. The minimum absolute atomic E-state index is 0.0956. The lowest BCUT2D eigenvalue weighted by Gasteiger charge is -2.25. The Bertz CT molecular complexity index is 1610. The Morgan fingerprint density at radius 1 is 0.891 bits per heavy atom. The van der Waals surface area contributed by atoms with Gasteiger partial charge in [-0.05, 0) is 42.0 Å². The zero-order valence-corrected chi connectivity index (χ0v) is 34.2. The summed E-state index contributed by atoms with van der Waals surface area (Å²) < 4.78 is 30.6. The van der Waals surface area contributed by atoms with Crippen LogP contribution in [0.2, 0.25) is 0 Å². The lowest BCUT2D eigenvalue weighted by Crippen LogP contribution is -2.41. The normalized spacial score (nSPS) is 21.5. The molecule has 4 rings (SSSR count). The third-order valence-corrected chi connectivity index (χ3v) is 11.8. The predicted octanol–water partition coefficient (Wildman–Crippen LogP) is 7.87. The van der Waals surface area contributed by atoms with Crippen molar-refractivity contribution in [3.63, 3.8) is 0 Å². The van der Waals surface area contributed by atoms with Crippen molar-refractivity contribution in [3.8, 4) is 6.07 Å². The van der Waals surface area contributed by atoms with Crippen LogP contribution < -0.4 is 5.73 Å². The summed E-state index contributed by atoms with van der Waals surface area (Å²) in [5, 5.41) is 36.3. The Hall–Kier alpha value is -2.47. The summed E-state index contributed by atoms with van der Waals surface area (Å²) in [4.78, 5) is 10.9. The predicted molar refractivity (Wildman–Crippen MR) is 218 cm³/mol. The molecule has 0 saturated carbocycles. The Labute approximate surface area is 332 Å². The summed E-state index contributed by atoms with van der Waals surface area (Å²) in [6, 6.07) is 16.5. The molecule has 3 aromatic rings. The Morgan fingerprint density at radius 3 is 2.13 bits per heavy atom. The molecule has 1 saturated heterocycles. The summed E-state index contributed by atoms with van der Waals surface area (Å²) >= 11 is 5.28. The number of nitrogen functional groups attached to an aromatic ring is 1. The average Bonchev–Trinajstić information content (AvgIpc) is 3.74. The third kappa shape index (κ3) is 14.5. The van der Waals surface area contributed by atoms with E-state index in [1.165, 1.54) is 101 Å². The largest absolute Gasteiger partial charge is 0.397 e. The van der Waals surface area contributed by atoms with Gasteiger partial charge in [0.25, 0.3) is 0 Å². The maximum Gasteiger partial charge on any atom is 0.324 e. The fourth-order valence-electron chi connectivity index (χ4n) is 6.92. The number of aliphatic hydroxyl groups excluding tert-OH is 2. The number of benzene rings is 1. The van der Waals surface area contributed by atoms with Gasteiger partial charge in [0.1, 0.15) is 30.5 Å². The molecule has 0 radical (unpaired) electrons. The Morgan fingerprint density at radius 2 is 1.51 bits per heavy atom. The molecule has 5 N–H and O–H groups in total. The number of aliphatic hydroxyl groups is 2. The maximum absolute atomic E-state index is 11.0. The van der Waals surface area contributed by atoms with Gasteiger partial charge in [-0.25, -0.2) is 4.52 Å². The van der Waals surface area contributed by atoms with E-state index in [1.807, 2.05) is 36.4 Å². The number of nitrogens with zero attached hydrogens (tertiary/aromatic N) is 3. The van der Waals surface area contributed by atoms with Crippen molar-refractivity contribution in [2.75, 3.05) is 32.2 Å². The minimum Gasteiger partial charge on any atom is -0.397 e. The number of hydrogen-bond donors (Lipinski definition) is 4. The second-order valence-corrected chi connectivity index (χ2v) is 17.4. The van der Waals surface area contributed by atoms with Crippen LogP contribution in [0.3, 0.4) is 0 Å². The molecule has 1 aliphatic rings. The lowest BCUT2D eigenvalue weighted by molar-refractivity contribution is -0.0660. The zero-order chi connectivity index (χ0) is 39.4. The van der Waals surface area contributed by atoms with Gasteiger partial charge in [0.05, 0.1) is 43.3 Å². The van der Waals surface area contributed by atoms with Crippen molar-refractivity contribution in [1.82, 2.24) is 9.61 Å². The molecule has 0 unspecified atom stereocenters. The summed E-state index contributed by atoms with van der Waals surface area (Å²) in [5.74, 6) is 0. The van der Waals surface area contributed by atoms with E-state index in [1.54, 1.807) is 18.2 Å². The molecule has 1 aromatic carbocycles. The molecule has 12 nitrogen and oxygen atoms in total. The highest BCUT2D eigenvalue weighted by molar-refractivity contribution is 8.07. The second kappa shape index (κ2) is 24.3. The molecule has 1 aliphatic heterocycles. The van der Waals surface area contributed by atoms with Crippen LogP contribution >= 0.6 is 6.72 Å². The van der Waals surface area contributed by atoms with Gasteiger partial charge in [0.15, 0.2) is 0 Å². The number of hydrogen-bond acceptors (Lipinski definition) is 11. The van der Waals surface area contributed by atoms with Crippen LogP contribution in [-0.4, -0.2) is 75.6 Å². The van der Waals surface area contributed by atoms with E-state index in [-0.39, 0.29) is 18.9 Å². The molecule has 2 aromatic heterocycles. The lowest BCUT2D eigenvalue weighted by atomic mass is 9.92. The summed E-state index contributed by atoms with van der Waals surface area (Å²) in [6.45, 7) is -0.991. The first-order valence-electron chi connectivity index (χ1n) is 20.2. The third-order valence-electron chi connectivity index (χ3n) is 10.2. The van der Waals surface area contributed by atoms with E-state index in [9.17, 15) is 20.4 Å². The van der Waals surface area contributed by atoms with E-state index in [0.717, 1.165) is 18.4 Å². The number of nitriles is 1. The van der Waals surface area contributed by atoms with Crippen LogP contribution in [0.25, 0.3) is 5.52 Å². The van der Waals surface area contributed by atoms with E-state index < -0.39 is 43.3 Å². The minimum atomic E-state index is -3.87. The van der Waals surface area contributed by atoms with Crippen molar-refractivity contribution in [1.29, 1.82) is 5.26 Å². The van der Waals surface area contributed by atoms with Crippen LogP contribution in [0.4, 0.5) is 5.69 Å². The molecule has 14 heteroatoms. The van der Waals surface area contributed by atoms with Crippen LogP contribution in [0.1, 0.15) is 121 Å². The zero-order valence-electron chi connectivity index (χ0n) is 32.5. The molecule has 0 amide bonds. The van der Waals surface area contributed by atoms with Crippen molar-refractivity contribution < 1.29 is 38.4 Å². The highest BCUT2D eigenvalue weighted by atomic mass is 32.5. The monoisotopic (exact) mass is 802 g/mol. The van der Waals surface area contributed by atoms with Gasteiger partial charge in [-0.15, -0.1) is 0 Å². The van der Waals surface area contributed by atoms with Gasteiger partial charge in [0.2, 0.25) is 5.60 Å². The highest BCUT2D eigenvalue weighted by Crippen LogP contribution is 2.46. The summed E-state index contributed by atoms with van der Waals surface area (Å²) in [6.07, 6.45) is 17.4. The SMILES string of the molecule is CCCCCCCCCCCCCCCCCCOC[C@H](CO[P@@](O)(=S)OC[C@H]1O[C@@](C#N)(c2ccc3c(N)ccnn23)[C@H](O)[C@@H]1O)OCc1ccccc1. The standard InChI is InChI=1S/C41H63N4O8PS/c1-2-3-4-5-6-7-8-9-10-11-12-13-14-15-16-20-27-49-29-34(50-28-33-21-18-17-19-22-33)30-51-54(48,55)52-31-37-39(46)40(47)41(32-42,53-37)38-24-23-36-35(43)25-26-44-45(36)38/h17-19,21-26,34,37,39-40,46-47H,2-16,20,27-31,43H2,1H3,(H,48,55)/t34-,37-,39-,40-,41+,54-/m1/s1. The molecule has 0 spiro atoms. The first-order valence-corrected chi connectivity index (χ1v) is 22.8. The van der Waals surface area contributed by atoms with Crippen molar-refractivity contribution >= 4 is 29.7 Å². The first kappa shape index (κ1) is 45.2. The molecule has 55 heavy (non-hydrogen) atoms. The second-order valence-electron chi connectivity index (χ2n) is 14.6. The molecule has 306 valence electrons. The van der Waals surface area contributed by atoms with Crippen LogP contribution in [0.15, 0.2) is 54.7 Å². The Balaban J connectivity index is 1.15. The molecular formula is C41H63N4O8PS. The molecule has 1 fully saturated rings. The smallest absolute Gasteiger partial charge is 0.324 e. The number of nitrogens with two attached hydrogens (primary N) is 1. The van der Waals surface area contributed by atoms with E-state index in [0.29, 0.717) is 24.4 Å². The van der Waals surface area contributed by atoms with Gasteiger partial charge in [-0.3, -0.25) is 0 Å². The van der Waals surface area contributed by atoms with E-state index in [4.69, 9.17) is 40.8 Å². The highest BCUT2D eigenvalue weighted by Gasteiger charge is 2.57. The van der Waals surface area contributed by atoms with Gasteiger partial charge in [-0.2, -0.15) is 10.4 Å². The van der Waals surface area contributed by atoms with Crippen LogP contribution in [0.5, 0.6) is 0 Å². The molecular weight excluding hydrogens is 740 g/mol. The molecule has 6 atom stereocenters. The van der Waals surface area contributed by atoms with Gasteiger partial charge >= 0.3 is 6.72 Å². The summed E-state index contributed by atoms with van der Waals surface area (Å²) in [5.41, 5.74) is 6.14. The van der Waals surface area contributed by atoms with E-state index >= 15 is 0 Å². The number of unbranched alkanes of at least 4 members (excludes halogenated alkanes) is 15. The number of aromatic nitrogens is 2. The van der Waals surface area contributed by atoms with Crippen molar-refractivity contribution in [3.05, 3.63) is 66.0 Å². The maximum atomic E-state index is 11.0. The van der Waals surface area contributed by atoms with Crippen LogP contribution in [-0.2, 0) is 47.3 Å². The molecule has 3 heterocycles. The fourth-order valence-corrected chi connectivity index (χ4v) is 8.05. The van der Waals surface area contributed by atoms with Gasteiger partial charge in [-0.1, -0.05) is 134 Å². The van der Waals surface area contributed by atoms with Crippen molar-refractivity contribution in [2.45, 2.75) is 146 Å². The molecule has 0 aliphatic carbocycles.